The standard InChI is InChI=1S/C11H11N3O2S/c1-7-3-4-8(5-12-7)14-11-13-6-9(17-11)10(15)16-2/h3-6H,1-2H3,(H,13,14). The van der Waals surface area contributed by atoms with Crippen molar-refractivity contribution in [1.82, 2.24) is 9.97 Å². The predicted molar refractivity (Wildman–Crippen MR) is 65.7 cm³/mol. The molecule has 0 amide bonds. The minimum atomic E-state index is -0.377. The first-order valence-electron chi connectivity index (χ1n) is 4.93. The van der Waals surface area contributed by atoms with Gasteiger partial charge in [0.15, 0.2) is 5.13 Å². The molecule has 0 saturated heterocycles. The van der Waals surface area contributed by atoms with Crippen LogP contribution in [0.15, 0.2) is 24.5 Å². The van der Waals surface area contributed by atoms with Gasteiger partial charge < -0.3 is 10.1 Å². The Bertz CT molecular complexity index is 522. The summed E-state index contributed by atoms with van der Waals surface area (Å²) in [4.78, 5) is 19.9. The number of methoxy groups -OCH3 is 1. The summed E-state index contributed by atoms with van der Waals surface area (Å²) in [5, 5.41) is 3.70. The van der Waals surface area contributed by atoms with Crippen molar-refractivity contribution in [1.29, 1.82) is 0 Å². The van der Waals surface area contributed by atoms with Crippen molar-refractivity contribution >= 4 is 28.1 Å². The molecular formula is C11H11N3O2S. The maximum Gasteiger partial charge on any atom is 0.349 e. The largest absolute Gasteiger partial charge is 0.465 e. The van der Waals surface area contributed by atoms with Crippen LogP contribution in [0.25, 0.3) is 0 Å². The minimum Gasteiger partial charge on any atom is -0.465 e. The Balaban J connectivity index is 2.11. The number of nitrogens with one attached hydrogen (secondary N) is 1. The van der Waals surface area contributed by atoms with Crippen LogP contribution in [0.1, 0.15) is 15.4 Å². The number of aryl methyl sites for hydroxylation is 1. The lowest BCUT2D eigenvalue weighted by atomic mass is 10.3. The Morgan fingerprint density at radius 2 is 2.18 bits per heavy atom. The quantitative estimate of drug-likeness (QED) is 0.846. The molecule has 6 heteroatoms. The van der Waals surface area contributed by atoms with Gasteiger partial charge in [0.1, 0.15) is 4.88 Å². The number of carbonyl (C=O) groups excluding carboxylic acids is 1. The molecule has 0 aromatic carbocycles. The normalized spacial score (nSPS) is 10.0. The number of esters is 1. The summed E-state index contributed by atoms with van der Waals surface area (Å²) in [5.74, 6) is -0.377. The van der Waals surface area contributed by atoms with Crippen molar-refractivity contribution in [2.75, 3.05) is 12.4 Å². The van der Waals surface area contributed by atoms with Crippen LogP contribution >= 0.6 is 11.3 Å². The van der Waals surface area contributed by atoms with Crippen molar-refractivity contribution in [3.05, 3.63) is 35.1 Å². The summed E-state index contributed by atoms with van der Waals surface area (Å²) in [5.41, 5.74) is 1.78. The van der Waals surface area contributed by atoms with E-state index in [1.807, 2.05) is 19.1 Å². The predicted octanol–water partition coefficient (Wildman–Crippen LogP) is 2.38. The van der Waals surface area contributed by atoms with Crippen molar-refractivity contribution in [2.45, 2.75) is 6.92 Å². The molecule has 0 aliphatic heterocycles. The first-order chi connectivity index (χ1) is 8.19. The van der Waals surface area contributed by atoms with Crippen LogP contribution in [0.5, 0.6) is 0 Å². The molecule has 0 spiro atoms. The fraction of sp³-hybridized carbons (Fsp3) is 0.182. The fourth-order valence-corrected chi connectivity index (χ4v) is 1.95. The van der Waals surface area contributed by atoms with E-state index in [2.05, 4.69) is 20.0 Å². The van der Waals surface area contributed by atoms with Gasteiger partial charge in [-0.3, -0.25) is 4.98 Å². The Hall–Kier alpha value is -1.95. The summed E-state index contributed by atoms with van der Waals surface area (Å²) < 4.78 is 4.61. The summed E-state index contributed by atoms with van der Waals surface area (Å²) in [7, 11) is 1.35. The van der Waals surface area contributed by atoms with E-state index in [1.54, 1.807) is 6.20 Å². The zero-order chi connectivity index (χ0) is 12.3. The molecule has 2 aromatic rings. The third-order valence-corrected chi connectivity index (χ3v) is 2.95. The van der Waals surface area contributed by atoms with Crippen LogP contribution in [-0.4, -0.2) is 23.0 Å². The van der Waals surface area contributed by atoms with Crippen LogP contribution in [0.3, 0.4) is 0 Å². The van der Waals surface area contributed by atoms with Gasteiger partial charge in [0.05, 0.1) is 25.2 Å². The van der Waals surface area contributed by atoms with E-state index in [-0.39, 0.29) is 5.97 Å². The van der Waals surface area contributed by atoms with Crippen molar-refractivity contribution in [2.24, 2.45) is 0 Å². The Labute approximate surface area is 102 Å². The number of nitrogens with zero attached hydrogens (tertiary/aromatic N) is 2. The molecule has 5 nitrogen and oxygen atoms in total. The number of hydrogen-bond acceptors (Lipinski definition) is 6. The fourth-order valence-electron chi connectivity index (χ4n) is 1.19. The van der Waals surface area contributed by atoms with Crippen LogP contribution in [0.4, 0.5) is 10.8 Å². The maximum absolute atomic E-state index is 11.2. The van der Waals surface area contributed by atoms with Crippen molar-refractivity contribution < 1.29 is 9.53 Å². The number of hydrogen-bond donors (Lipinski definition) is 1. The van der Waals surface area contributed by atoms with Gasteiger partial charge in [-0.2, -0.15) is 0 Å². The van der Waals surface area contributed by atoms with E-state index in [0.29, 0.717) is 10.0 Å². The molecule has 0 aliphatic carbocycles. The maximum atomic E-state index is 11.2. The molecule has 0 aliphatic rings. The van der Waals surface area contributed by atoms with E-state index >= 15 is 0 Å². The van der Waals surface area contributed by atoms with Gasteiger partial charge in [0.2, 0.25) is 0 Å². The summed E-state index contributed by atoms with van der Waals surface area (Å²) >= 11 is 1.24. The van der Waals surface area contributed by atoms with E-state index < -0.39 is 0 Å². The van der Waals surface area contributed by atoms with E-state index in [9.17, 15) is 4.79 Å². The van der Waals surface area contributed by atoms with Crippen LogP contribution in [0, 0.1) is 6.92 Å². The van der Waals surface area contributed by atoms with Crippen LogP contribution in [0.2, 0.25) is 0 Å². The van der Waals surface area contributed by atoms with Gasteiger partial charge in [-0.1, -0.05) is 11.3 Å². The Morgan fingerprint density at radius 3 is 2.82 bits per heavy atom. The number of pyridine rings is 1. The van der Waals surface area contributed by atoms with E-state index in [1.165, 1.54) is 24.6 Å². The van der Waals surface area contributed by atoms with Crippen LogP contribution in [-0.2, 0) is 4.74 Å². The molecule has 88 valence electrons. The van der Waals surface area contributed by atoms with Crippen molar-refractivity contribution in [3.63, 3.8) is 0 Å². The second kappa shape index (κ2) is 4.92. The van der Waals surface area contributed by atoms with Gasteiger partial charge in [-0.05, 0) is 19.1 Å². The highest BCUT2D eigenvalue weighted by atomic mass is 32.1. The molecule has 0 bridgehead atoms. The Kier molecular flexibility index (Phi) is 3.34. The lowest BCUT2D eigenvalue weighted by Gasteiger charge is -2.01. The molecule has 2 heterocycles. The average Bonchev–Trinajstić information content (AvgIpc) is 2.80. The molecular weight excluding hydrogens is 238 g/mol. The van der Waals surface area contributed by atoms with E-state index in [4.69, 9.17) is 0 Å². The summed E-state index contributed by atoms with van der Waals surface area (Å²) in [6.45, 7) is 1.92. The highest BCUT2D eigenvalue weighted by molar-refractivity contribution is 7.17. The third-order valence-electron chi connectivity index (χ3n) is 2.05. The molecule has 0 unspecified atom stereocenters. The zero-order valence-electron chi connectivity index (χ0n) is 9.43. The molecule has 0 saturated carbocycles. The number of ether oxygens (including phenoxy) is 1. The first kappa shape index (κ1) is 11.5. The van der Waals surface area contributed by atoms with Crippen molar-refractivity contribution in [3.8, 4) is 0 Å². The molecule has 1 N–H and O–H groups in total. The first-order valence-corrected chi connectivity index (χ1v) is 5.74. The highest BCUT2D eigenvalue weighted by Crippen LogP contribution is 2.22. The molecule has 0 radical (unpaired) electrons. The topological polar surface area (TPSA) is 64.1 Å². The van der Waals surface area contributed by atoms with Gasteiger partial charge >= 0.3 is 5.97 Å². The Morgan fingerprint density at radius 1 is 1.35 bits per heavy atom. The van der Waals surface area contributed by atoms with Gasteiger partial charge in [-0.25, -0.2) is 9.78 Å². The second-order valence-electron chi connectivity index (χ2n) is 3.33. The monoisotopic (exact) mass is 249 g/mol. The lowest BCUT2D eigenvalue weighted by Crippen LogP contribution is -1.96. The minimum absolute atomic E-state index is 0.377. The molecule has 17 heavy (non-hydrogen) atoms. The number of carbonyl (C=O) groups is 1. The summed E-state index contributed by atoms with van der Waals surface area (Å²) in [6, 6.07) is 3.80. The smallest absolute Gasteiger partial charge is 0.349 e. The number of anilines is 2. The molecule has 0 fully saturated rings. The third kappa shape index (κ3) is 2.79. The van der Waals surface area contributed by atoms with Crippen LogP contribution < -0.4 is 5.32 Å². The number of rotatable bonds is 3. The molecule has 2 rings (SSSR count). The lowest BCUT2D eigenvalue weighted by molar-refractivity contribution is 0.0606. The van der Waals surface area contributed by atoms with Gasteiger partial charge in [-0.15, -0.1) is 0 Å². The SMILES string of the molecule is COC(=O)c1cnc(Nc2ccc(C)nc2)s1. The summed E-state index contributed by atoms with van der Waals surface area (Å²) in [6.07, 6.45) is 3.20. The highest BCUT2D eigenvalue weighted by Gasteiger charge is 2.10. The molecule has 2 aromatic heterocycles. The zero-order valence-corrected chi connectivity index (χ0v) is 10.2. The van der Waals surface area contributed by atoms with Gasteiger partial charge in [0.25, 0.3) is 0 Å². The number of thiazole rings is 1. The number of aromatic nitrogens is 2. The second-order valence-corrected chi connectivity index (χ2v) is 4.37. The van der Waals surface area contributed by atoms with E-state index in [0.717, 1.165) is 11.4 Å². The van der Waals surface area contributed by atoms with Gasteiger partial charge in [0, 0.05) is 5.69 Å². The average molecular weight is 249 g/mol. The molecule has 0 atom stereocenters.